The molecule has 2 heterocycles. The summed E-state index contributed by atoms with van der Waals surface area (Å²) in [7, 11) is 3.68. The number of aromatic amines is 1. The number of aryl methyl sites for hydroxylation is 2. The summed E-state index contributed by atoms with van der Waals surface area (Å²) in [6.45, 7) is 7.02. The smallest absolute Gasteiger partial charge is 0.271 e. The number of hydrogen-bond acceptors (Lipinski definition) is 4. The van der Waals surface area contributed by atoms with Crippen molar-refractivity contribution in [1.82, 2.24) is 24.9 Å². The number of H-pyrrole nitrogens is 1. The van der Waals surface area contributed by atoms with Gasteiger partial charge in [-0.2, -0.15) is 10.2 Å². The second-order valence-electron chi connectivity index (χ2n) is 6.57. The first-order valence-corrected chi connectivity index (χ1v) is 8.93. The Morgan fingerprint density at radius 3 is 2.56 bits per heavy atom. The molecule has 7 nitrogen and oxygen atoms in total. The molecule has 2 aromatic heterocycles. The van der Waals surface area contributed by atoms with Crippen LogP contribution in [0.4, 0.5) is 0 Å². The number of nitrogens with zero attached hydrogens (tertiary/aromatic N) is 4. The third-order valence-corrected chi connectivity index (χ3v) is 4.57. The molecule has 0 aliphatic carbocycles. The van der Waals surface area contributed by atoms with Gasteiger partial charge >= 0.3 is 0 Å². The lowest BCUT2D eigenvalue weighted by Gasteiger charge is -2.16. The van der Waals surface area contributed by atoms with E-state index in [1.165, 1.54) is 0 Å². The van der Waals surface area contributed by atoms with Crippen molar-refractivity contribution < 1.29 is 9.53 Å². The lowest BCUT2D eigenvalue weighted by Crippen LogP contribution is -2.26. The number of aromatic nitrogens is 4. The summed E-state index contributed by atoms with van der Waals surface area (Å²) in [6.07, 6.45) is 0. The molecule has 0 saturated carbocycles. The molecule has 0 bridgehead atoms. The molecular weight excluding hydrogens is 342 g/mol. The highest BCUT2D eigenvalue weighted by molar-refractivity contribution is 5.93. The zero-order valence-electron chi connectivity index (χ0n) is 16.4. The number of amides is 1. The fraction of sp³-hybridized carbons (Fsp3) is 0.350. The van der Waals surface area contributed by atoms with Gasteiger partial charge in [0.2, 0.25) is 0 Å². The van der Waals surface area contributed by atoms with Crippen molar-refractivity contribution in [2.45, 2.75) is 27.3 Å². The molecule has 7 heteroatoms. The van der Waals surface area contributed by atoms with Crippen molar-refractivity contribution in [3.63, 3.8) is 0 Å². The third-order valence-electron chi connectivity index (χ3n) is 4.57. The predicted octanol–water partition coefficient (Wildman–Crippen LogP) is 3.10. The van der Waals surface area contributed by atoms with Crippen LogP contribution in [-0.4, -0.2) is 44.4 Å². The number of carbonyl (C=O) groups is 1. The SMILES string of the molecule is CCOc1ccc(CN(C)C(=O)c2cc(-c3c(C)nn(C)c3C)n[nH]2)cc1. The van der Waals surface area contributed by atoms with Gasteiger partial charge in [0, 0.05) is 31.9 Å². The lowest BCUT2D eigenvalue weighted by molar-refractivity contribution is 0.0779. The van der Waals surface area contributed by atoms with Gasteiger partial charge in [0.25, 0.3) is 5.91 Å². The summed E-state index contributed by atoms with van der Waals surface area (Å²) < 4.78 is 7.27. The molecule has 0 aliphatic heterocycles. The zero-order chi connectivity index (χ0) is 19.6. The summed E-state index contributed by atoms with van der Waals surface area (Å²) in [5, 5.41) is 11.6. The molecule has 0 radical (unpaired) electrons. The Bertz CT molecular complexity index is 940. The fourth-order valence-electron chi connectivity index (χ4n) is 3.11. The molecule has 0 spiro atoms. The maximum absolute atomic E-state index is 12.7. The number of nitrogens with one attached hydrogen (secondary N) is 1. The first-order valence-electron chi connectivity index (χ1n) is 8.93. The summed E-state index contributed by atoms with van der Waals surface area (Å²) in [6, 6.07) is 9.55. The Morgan fingerprint density at radius 2 is 1.96 bits per heavy atom. The van der Waals surface area contributed by atoms with E-state index in [2.05, 4.69) is 15.3 Å². The number of benzene rings is 1. The highest BCUT2D eigenvalue weighted by Crippen LogP contribution is 2.25. The van der Waals surface area contributed by atoms with E-state index in [0.29, 0.717) is 18.8 Å². The van der Waals surface area contributed by atoms with E-state index in [0.717, 1.165) is 34.0 Å². The van der Waals surface area contributed by atoms with Crippen molar-refractivity contribution in [2.24, 2.45) is 7.05 Å². The minimum atomic E-state index is -0.109. The molecule has 0 unspecified atom stereocenters. The van der Waals surface area contributed by atoms with Crippen LogP contribution in [0.5, 0.6) is 5.75 Å². The Balaban J connectivity index is 1.73. The van der Waals surface area contributed by atoms with E-state index < -0.39 is 0 Å². The molecular formula is C20H25N5O2. The van der Waals surface area contributed by atoms with Gasteiger partial charge < -0.3 is 9.64 Å². The number of ether oxygens (including phenoxy) is 1. The maximum Gasteiger partial charge on any atom is 0.271 e. The maximum atomic E-state index is 12.7. The lowest BCUT2D eigenvalue weighted by atomic mass is 10.1. The normalized spacial score (nSPS) is 10.9. The summed E-state index contributed by atoms with van der Waals surface area (Å²) in [4.78, 5) is 14.4. The minimum Gasteiger partial charge on any atom is -0.494 e. The Kier molecular flexibility index (Phi) is 5.30. The average molecular weight is 367 g/mol. The van der Waals surface area contributed by atoms with Crippen molar-refractivity contribution in [1.29, 1.82) is 0 Å². The first kappa shape index (κ1) is 18.7. The first-order chi connectivity index (χ1) is 12.9. The molecule has 0 atom stereocenters. The molecule has 0 saturated heterocycles. The molecule has 1 aromatic carbocycles. The van der Waals surface area contributed by atoms with Gasteiger partial charge in [-0.25, -0.2) is 0 Å². The third kappa shape index (κ3) is 3.86. The van der Waals surface area contributed by atoms with Crippen LogP contribution in [0.3, 0.4) is 0 Å². The van der Waals surface area contributed by atoms with E-state index in [9.17, 15) is 4.79 Å². The second kappa shape index (κ2) is 7.65. The highest BCUT2D eigenvalue weighted by Gasteiger charge is 2.19. The number of hydrogen-bond donors (Lipinski definition) is 1. The van der Waals surface area contributed by atoms with Gasteiger partial charge in [0.15, 0.2) is 0 Å². The van der Waals surface area contributed by atoms with Crippen LogP contribution in [0.1, 0.15) is 34.4 Å². The van der Waals surface area contributed by atoms with Gasteiger partial charge in [0.05, 0.1) is 18.0 Å². The summed E-state index contributed by atoms with van der Waals surface area (Å²) in [5.41, 5.74) is 5.09. The summed E-state index contributed by atoms with van der Waals surface area (Å²) >= 11 is 0. The van der Waals surface area contributed by atoms with Gasteiger partial charge in [0.1, 0.15) is 11.4 Å². The van der Waals surface area contributed by atoms with Crippen molar-refractivity contribution >= 4 is 5.91 Å². The van der Waals surface area contributed by atoms with Crippen molar-refractivity contribution in [2.75, 3.05) is 13.7 Å². The fourth-order valence-corrected chi connectivity index (χ4v) is 3.11. The molecule has 1 amide bonds. The van der Waals surface area contributed by atoms with Crippen LogP contribution in [0.2, 0.25) is 0 Å². The van der Waals surface area contributed by atoms with Crippen LogP contribution >= 0.6 is 0 Å². The van der Waals surface area contributed by atoms with E-state index in [1.54, 1.807) is 18.0 Å². The quantitative estimate of drug-likeness (QED) is 0.726. The monoisotopic (exact) mass is 367 g/mol. The van der Waals surface area contributed by atoms with Crippen molar-refractivity contribution in [3.05, 3.63) is 53.0 Å². The average Bonchev–Trinajstić information content (AvgIpc) is 3.21. The molecule has 3 aromatic rings. The number of carbonyl (C=O) groups excluding carboxylic acids is 1. The number of rotatable bonds is 6. The van der Waals surface area contributed by atoms with Gasteiger partial charge in [-0.1, -0.05) is 12.1 Å². The van der Waals surface area contributed by atoms with Crippen LogP contribution < -0.4 is 4.74 Å². The minimum absolute atomic E-state index is 0.109. The Hall–Kier alpha value is -3.09. The predicted molar refractivity (Wildman–Crippen MR) is 104 cm³/mol. The highest BCUT2D eigenvalue weighted by atomic mass is 16.5. The largest absolute Gasteiger partial charge is 0.494 e. The second-order valence-corrected chi connectivity index (χ2v) is 6.57. The van der Waals surface area contributed by atoms with E-state index in [-0.39, 0.29) is 5.91 Å². The molecule has 142 valence electrons. The van der Waals surface area contributed by atoms with Crippen molar-refractivity contribution in [3.8, 4) is 17.0 Å². The van der Waals surface area contributed by atoms with E-state index in [4.69, 9.17) is 4.74 Å². The molecule has 0 aliphatic rings. The van der Waals surface area contributed by atoms with Crippen LogP contribution in [0.15, 0.2) is 30.3 Å². The molecule has 1 N–H and O–H groups in total. The van der Waals surface area contributed by atoms with Gasteiger partial charge in [-0.15, -0.1) is 0 Å². The van der Waals surface area contributed by atoms with E-state index in [1.807, 2.05) is 56.8 Å². The van der Waals surface area contributed by atoms with Crippen LogP contribution in [-0.2, 0) is 13.6 Å². The Morgan fingerprint density at radius 1 is 1.26 bits per heavy atom. The molecule has 3 rings (SSSR count). The van der Waals surface area contributed by atoms with Crippen LogP contribution in [0.25, 0.3) is 11.3 Å². The standard InChI is InChI=1S/C20H25N5O2/c1-6-27-16-9-7-15(8-10-16)12-24(4)20(26)18-11-17(21-22-18)19-13(2)23-25(5)14(19)3/h7-11H,6,12H2,1-5H3,(H,21,22). The molecule has 0 fully saturated rings. The van der Waals surface area contributed by atoms with Gasteiger partial charge in [-0.3, -0.25) is 14.6 Å². The van der Waals surface area contributed by atoms with E-state index >= 15 is 0 Å². The summed E-state index contributed by atoms with van der Waals surface area (Å²) in [5.74, 6) is 0.720. The topological polar surface area (TPSA) is 76.0 Å². The van der Waals surface area contributed by atoms with Gasteiger partial charge in [-0.05, 0) is 44.5 Å². The Labute approximate surface area is 159 Å². The zero-order valence-corrected chi connectivity index (χ0v) is 16.4. The van der Waals surface area contributed by atoms with Crippen LogP contribution in [0, 0.1) is 13.8 Å². The molecule has 27 heavy (non-hydrogen) atoms.